The van der Waals surface area contributed by atoms with Gasteiger partial charge in [-0.05, 0) is 34.1 Å². The second-order valence-electron chi connectivity index (χ2n) is 4.87. The number of halogens is 1. The number of carbonyl (C=O) groups excluding carboxylic acids is 1. The maximum absolute atomic E-state index is 12.6. The van der Waals surface area contributed by atoms with Gasteiger partial charge in [-0.1, -0.05) is 23.4 Å². The van der Waals surface area contributed by atoms with E-state index in [9.17, 15) is 4.79 Å². The number of benzene rings is 1. The second kappa shape index (κ2) is 7.06. The van der Waals surface area contributed by atoms with Crippen LogP contribution < -0.4 is 15.8 Å². The van der Waals surface area contributed by atoms with Crippen LogP contribution in [0.3, 0.4) is 0 Å². The first-order valence-electron chi connectivity index (χ1n) is 7.01. The fourth-order valence-electron chi connectivity index (χ4n) is 2.24. The van der Waals surface area contributed by atoms with Gasteiger partial charge in [0.15, 0.2) is 0 Å². The molecule has 1 aromatic carbocycles. The molecule has 0 spiro atoms. The summed E-state index contributed by atoms with van der Waals surface area (Å²) in [7, 11) is 1.59. The summed E-state index contributed by atoms with van der Waals surface area (Å²) >= 11 is 4.83. The highest BCUT2D eigenvalue weighted by atomic mass is 79.9. The number of hydrogen-bond donors (Lipinski definition) is 2. The number of carbonyl (C=O) groups is 1. The van der Waals surface area contributed by atoms with E-state index in [1.54, 1.807) is 7.11 Å². The highest BCUT2D eigenvalue weighted by Crippen LogP contribution is 2.34. The fourth-order valence-corrected chi connectivity index (χ4v) is 3.62. The van der Waals surface area contributed by atoms with Crippen LogP contribution in [0, 0.1) is 0 Å². The SMILES string of the molecule is COc1ccccc1CNC(=O)c1c(-c2ccc(Br)s2)noc1N. The van der Waals surface area contributed by atoms with Crippen molar-refractivity contribution < 1.29 is 14.1 Å². The zero-order chi connectivity index (χ0) is 17.1. The topological polar surface area (TPSA) is 90.4 Å². The summed E-state index contributed by atoms with van der Waals surface area (Å²) in [4.78, 5) is 13.4. The number of hydrogen-bond acceptors (Lipinski definition) is 6. The number of para-hydroxylation sites is 1. The van der Waals surface area contributed by atoms with Gasteiger partial charge in [0.25, 0.3) is 5.91 Å². The van der Waals surface area contributed by atoms with E-state index in [2.05, 4.69) is 26.4 Å². The zero-order valence-corrected chi connectivity index (χ0v) is 15.1. The Balaban J connectivity index is 1.82. The zero-order valence-electron chi connectivity index (χ0n) is 12.7. The quantitative estimate of drug-likeness (QED) is 0.672. The first-order valence-corrected chi connectivity index (χ1v) is 8.62. The van der Waals surface area contributed by atoms with Crippen LogP contribution >= 0.6 is 27.3 Å². The highest BCUT2D eigenvalue weighted by Gasteiger charge is 2.23. The number of ether oxygens (including phenoxy) is 1. The van der Waals surface area contributed by atoms with Crippen molar-refractivity contribution in [1.82, 2.24) is 10.5 Å². The number of aromatic nitrogens is 1. The van der Waals surface area contributed by atoms with Gasteiger partial charge in [0.2, 0.25) is 5.88 Å². The molecule has 0 aliphatic carbocycles. The van der Waals surface area contributed by atoms with E-state index in [1.165, 1.54) is 11.3 Å². The molecule has 3 aromatic rings. The first-order chi connectivity index (χ1) is 11.6. The molecule has 0 radical (unpaired) electrons. The summed E-state index contributed by atoms with van der Waals surface area (Å²) in [5, 5.41) is 6.74. The van der Waals surface area contributed by atoms with Crippen molar-refractivity contribution in [2.75, 3.05) is 12.8 Å². The Morgan fingerprint density at radius 2 is 2.17 bits per heavy atom. The van der Waals surface area contributed by atoms with Gasteiger partial charge >= 0.3 is 0 Å². The van der Waals surface area contributed by atoms with Crippen molar-refractivity contribution in [1.29, 1.82) is 0 Å². The van der Waals surface area contributed by atoms with Gasteiger partial charge < -0.3 is 20.3 Å². The van der Waals surface area contributed by atoms with Gasteiger partial charge in [-0.25, -0.2) is 0 Å². The lowest BCUT2D eigenvalue weighted by Crippen LogP contribution is -2.24. The van der Waals surface area contributed by atoms with Gasteiger partial charge in [0, 0.05) is 12.1 Å². The van der Waals surface area contributed by atoms with Crippen molar-refractivity contribution in [3.05, 3.63) is 51.3 Å². The molecule has 0 unspecified atom stereocenters. The van der Waals surface area contributed by atoms with Crippen molar-refractivity contribution in [2.45, 2.75) is 6.54 Å². The average Bonchev–Trinajstić information content (AvgIpc) is 3.18. The summed E-state index contributed by atoms with van der Waals surface area (Å²) in [6.45, 7) is 0.307. The Labute approximate surface area is 150 Å². The molecule has 6 nitrogen and oxygen atoms in total. The molecule has 1 amide bonds. The van der Waals surface area contributed by atoms with E-state index < -0.39 is 0 Å². The predicted octanol–water partition coefficient (Wildman–Crippen LogP) is 3.69. The number of nitrogens with two attached hydrogens (primary N) is 1. The van der Waals surface area contributed by atoms with Crippen LogP contribution in [0.1, 0.15) is 15.9 Å². The van der Waals surface area contributed by atoms with E-state index in [0.717, 1.165) is 14.2 Å². The molecule has 0 aliphatic rings. The summed E-state index contributed by atoms with van der Waals surface area (Å²) in [6.07, 6.45) is 0. The molecule has 124 valence electrons. The van der Waals surface area contributed by atoms with Gasteiger partial charge in [-0.15, -0.1) is 11.3 Å². The number of nitrogen functional groups attached to an aromatic ring is 1. The third-order valence-electron chi connectivity index (χ3n) is 3.38. The smallest absolute Gasteiger partial charge is 0.259 e. The van der Waals surface area contributed by atoms with E-state index >= 15 is 0 Å². The highest BCUT2D eigenvalue weighted by molar-refractivity contribution is 9.11. The standard InChI is InChI=1S/C16H14BrN3O3S/c1-22-10-5-3-2-4-9(10)8-19-16(21)13-14(20-23-15(13)18)11-6-7-12(17)24-11/h2-7H,8,18H2,1H3,(H,19,21). The lowest BCUT2D eigenvalue weighted by Gasteiger charge is -2.09. The van der Waals surface area contributed by atoms with Gasteiger partial charge in [0.05, 0.1) is 15.8 Å². The minimum absolute atomic E-state index is 0.00736. The van der Waals surface area contributed by atoms with Crippen molar-refractivity contribution in [3.63, 3.8) is 0 Å². The van der Waals surface area contributed by atoms with Gasteiger partial charge in [-0.2, -0.15) is 0 Å². The molecular formula is C16H14BrN3O3S. The average molecular weight is 408 g/mol. The van der Waals surface area contributed by atoms with Crippen LogP contribution in [0.15, 0.2) is 44.7 Å². The Hall–Kier alpha value is -2.32. The molecule has 2 heterocycles. The monoisotopic (exact) mass is 407 g/mol. The molecule has 0 aliphatic heterocycles. The van der Waals surface area contributed by atoms with Crippen molar-refractivity contribution in [3.8, 4) is 16.3 Å². The Morgan fingerprint density at radius 3 is 2.88 bits per heavy atom. The maximum Gasteiger partial charge on any atom is 0.259 e. The van der Waals surface area contributed by atoms with Crippen LogP contribution in [0.2, 0.25) is 0 Å². The number of methoxy groups -OCH3 is 1. The lowest BCUT2D eigenvalue weighted by atomic mass is 10.1. The summed E-state index contributed by atoms with van der Waals surface area (Å²) in [6, 6.07) is 11.2. The third kappa shape index (κ3) is 3.29. The summed E-state index contributed by atoms with van der Waals surface area (Å²) in [5.41, 5.74) is 7.32. The van der Waals surface area contributed by atoms with Crippen LogP contribution in [-0.4, -0.2) is 18.2 Å². The summed E-state index contributed by atoms with van der Waals surface area (Å²) < 4.78 is 11.2. The van der Waals surface area contributed by atoms with Crippen LogP contribution in [0.25, 0.3) is 10.6 Å². The van der Waals surface area contributed by atoms with E-state index in [0.29, 0.717) is 18.0 Å². The molecule has 0 bridgehead atoms. The number of nitrogens with one attached hydrogen (secondary N) is 1. The van der Waals surface area contributed by atoms with Crippen molar-refractivity contribution >= 4 is 39.1 Å². The molecule has 0 saturated carbocycles. The third-order valence-corrected chi connectivity index (χ3v) is 5.01. The van der Waals surface area contributed by atoms with Crippen molar-refractivity contribution in [2.24, 2.45) is 0 Å². The molecule has 24 heavy (non-hydrogen) atoms. The maximum atomic E-state index is 12.6. The predicted molar refractivity (Wildman–Crippen MR) is 96.1 cm³/mol. The molecule has 0 saturated heterocycles. The number of thiophene rings is 1. The lowest BCUT2D eigenvalue weighted by molar-refractivity contribution is 0.0952. The number of nitrogens with zero attached hydrogens (tertiary/aromatic N) is 1. The van der Waals surface area contributed by atoms with Crippen LogP contribution in [-0.2, 0) is 6.54 Å². The van der Waals surface area contributed by atoms with E-state index in [4.69, 9.17) is 15.0 Å². The largest absolute Gasteiger partial charge is 0.496 e. The number of amides is 1. The van der Waals surface area contributed by atoms with Crippen LogP contribution in [0.4, 0.5) is 5.88 Å². The van der Waals surface area contributed by atoms with Gasteiger partial charge in [-0.3, -0.25) is 4.79 Å². The number of rotatable bonds is 5. The van der Waals surface area contributed by atoms with Crippen LogP contribution in [0.5, 0.6) is 5.75 Å². The normalized spacial score (nSPS) is 10.6. The molecule has 0 atom stereocenters. The summed E-state index contributed by atoms with van der Waals surface area (Å²) in [5.74, 6) is 0.352. The molecule has 3 rings (SSSR count). The van der Waals surface area contributed by atoms with E-state index in [-0.39, 0.29) is 17.4 Å². The second-order valence-corrected chi connectivity index (χ2v) is 7.33. The number of anilines is 1. The Bertz CT molecular complexity index is 875. The fraction of sp³-hybridized carbons (Fsp3) is 0.125. The molecule has 2 aromatic heterocycles. The molecule has 0 fully saturated rings. The molecule has 8 heteroatoms. The Kier molecular flexibility index (Phi) is 4.86. The minimum atomic E-state index is -0.348. The Morgan fingerprint density at radius 1 is 1.38 bits per heavy atom. The van der Waals surface area contributed by atoms with E-state index in [1.807, 2.05) is 36.4 Å². The van der Waals surface area contributed by atoms with Gasteiger partial charge in [0.1, 0.15) is 17.0 Å². The first kappa shape index (κ1) is 16.5. The molecular weight excluding hydrogens is 394 g/mol. The minimum Gasteiger partial charge on any atom is -0.496 e. The molecule has 3 N–H and O–H groups in total.